The van der Waals surface area contributed by atoms with Crippen LogP contribution in [0, 0.1) is 5.92 Å². The number of amides is 2. The van der Waals surface area contributed by atoms with Gasteiger partial charge in [0.2, 0.25) is 11.8 Å². The summed E-state index contributed by atoms with van der Waals surface area (Å²) >= 11 is 0. The molecule has 108 valence electrons. The van der Waals surface area contributed by atoms with Crippen LogP contribution in [0.25, 0.3) is 0 Å². The second-order valence-corrected chi connectivity index (χ2v) is 4.79. The fourth-order valence-corrected chi connectivity index (χ4v) is 2.21. The Hall–Kier alpha value is -1.92. The van der Waals surface area contributed by atoms with E-state index in [4.69, 9.17) is 4.74 Å². The van der Waals surface area contributed by atoms with Gasteiger partial charge in [0.15, 0.2) is 0 Å². The quantitative estimate of drug-likeness (QED) is 0.761. The number of likely N-dealkylation sites (N-methyl/N-ethyl adjacent to an activating group) is 1. The lowest BCUT2D eigenvalue weighted by atomic mass is 10.0. The molecule has 6 nitrogen and oxygen atoms in total. The van der Waals surface area contributed by atoms with E-state index >= 15 is 0 Å². The highest BCUT2D eigenvalue weighted by molar-refractivity contribution is 5.95. The minimum atomic E-state index is -0.204. The first-order valence-corrected chi connectivity index (χ1v) is 6.53. The van der Waals surface area contributed by atoms with Crippen LogP contribution in [-0.4, -0.2) is 38.1 Å². The van der Waals surface area contributed by atoms with Crippen molar-refractivity contribution < 1.29 is 14.3 Å². The number of anilines is 2. The third-order valence-corrected chi connectivity index (χ3v) is 3.24. The highest BCUT2D eigenvalue weighted by Gasteiger charge is 2.32. The molecular formula is C14H19N3O3. The van der Waals surface area contributed by atoms with E-state index in [1.165, 1.54) is 6.92 Å². The van der Waals surface area contributed by atoms with Crippen molar-refractivity contribution in [3.8, 4) is 0 Å². The van der Waals surface area contributed by atoms with Gasteiger partial charge < -0.3 is 20.7 Å². The van der Waals surface area contributed by atoms with Gasteiger partial charge in [0.05, 0.1) is 19.1 Å². The van der Waals surface area contributed by atoms with Gasteiger partial charge in [0, 0.05) is 24.3 Å². The van der Waals surface area contributed by atoms with Crippen molar-refractivity contribution in [3.63, 3.8) is 0 Å². The van der Waals surface area contributed by atoms with Crippen LogP contribution in [-0.2, 0) is 14.3 Å². The van der Waals surface area contributed by atoms with Crippen LogP contribution < -0.4 is 16.0 Å². The van der Waals surface area contributed by atoms with Crippen molar-refractivity contribution in [3.05, 3.63) is 24.3 Å². The molecule has 1 aliphatic rings. The molecular weight excluding hydrogens is 258 g/mol. The summed E-state index contributed by atoms with van der Waals surface area (Å²) in [6.07, 6.45) is 0. The maximum Gasteiger partial charge on any atom is 0.231 e. The Morgan fingerprint density at radius 3 is 2.55 bits per heavy atom. The van der Waals surface area contributed by atoms with Crippen LogP contribution in [0.3, 0.4) is 0 Å². The van der Waals surface area contributed by atoms with E-state index in [1.807, 2.05) is 7.05 Å². The molecule has 1 fully saturated rings. The average Bonchev–Trinajstić information content (AvgIpc) is 2.86. The molecule has 0 bridgehead atoms. The number of benzene rings is 1. The smallest absolute Gasteiger partial charge is 0.231 e. The van der Waals surface area contributed by atoms with Crippen molar-refractivity contribution in [2.75, 3.05) is 30.9 Å². The fraction of sp³-hybridized carbons (Fsp3) is 0.429. The van der Waals surface area contributed by atoms with E-state index in [0.717, 1.165) is 0 Å². The summed E-state index contributed by atoms with van der Waals surface area (Å²) in [7, 11) is 1.82. The molecule has 20 heavy (non-hydrogen) atoms. The van der Waals surface area contributed by atoms with E-state index in [-0.39, 0.29) is 23.8 Å². The van der Waals surface area contributed by atoms with Crippen LogP contribution in [0.5, 0.6) is 0 Å². The molecule has 2 rings (SSSR count). The van der Waals surface area contributed by atoms with Crippen LogP contribution in [0.15, 0.2) is 24.3 Å². The molecule has 2 unspecified atom stereocenters. The normalized spacial score (nSPS) is 21.5. The third kappa shape index (κ3) is 3.55. The molecule has 1 heterocycles. The Morgan fingerprint density at radius 1 is 1.20 bits per heavy atom. The van der Waals surface area contributed by atoms with Gasteiger partial charge in [-0.2, -0.15) is 0 Å². The lowest BCUT2D eigenvalue weighted by Crippen LogP contribution is -2.39. The predicted octanol–water partition coefficient (Wildman–Crippen LogP) is 0.818. The molecule has 0 aliphatic carbocycles. The maximum atomic E-state index is 12.2. The van der Waals surface area contributed by atoms with Crippen molar-refractivity contribution in [2.24, 2.45) is 5.92 Å². The lowest BCUT2D eigenvalue weighted by Gasteiger charge is -2.16. The Morgan fingerprint density at radius 2 is 1.90 bits per heavy atom. The van der Waals surface area contributed by atoms with Gasteiger partial charge in [-0.3, -0.25) is 9.59 Å². The monoisotopic (exact) mass is 277 g/mol. The van der Waals surface area contributed by atoms with Gasteiger partial charge in [-0.05, 0) is 25.2 Å². The second kappa shape index (κ2) is 6.49. The number of carbonyl (C=O) groups excluding carboxylic acids is 2. The largest absolute Gasteiger partial charge is 0.379 e. The van der Waals surface area contributed by atoms with Crippen molar-refractivity contribution in [1.29, 1.82) is 0 Å². The van der Waals surface area contributed by atoms with Gasteiger partial charge in [-0.1, -0.05) is 6.07 Å². The molecule has 6 heteroatoms. The first-order valence-electron chi connectivity index (χ1n) is 6.53. The van der Waals surface area contributed by atoms with Gasteiger partial charge in [0.25, 0.3) is 0 Å². The van der Waals surface area contributed by atoms with Gasteiger partial charge >= 0.3 is 0 Å². The SMILES string of the molecule is CNC1COCC1C(=O)Nc1cccc(NC(C)=O)c1. The van der Waals surface area contributed by atoms with Gasteiger partial charge in [-0.25, -0.2) is 0 Å². The molecule has 2 atom stereocenters. The minimum Gasteiger partial charge on any atom is -0.379 e. The first-order chi connectivity index (χ1) is 9.60. The predicted molar refractivity (Wildman–Crippen MR) is 76.5 cm³/mol. The summed E-state index contributed by atoms with van der Waals surface area (Å²) in [4.78, 5) is 23.2. The van der Waals surface area contributed by atoms with Crippen molar-refractivity contribution >= 4 is 23.2 Å². The van der Waals surface area contributed by atoms with E-state index in [1.54, 1.807) is 24.3 Å². The third-order valence-electron chi connectivity index (χ3n) is 3.24. The molecule has 1 aliphatic heterocycles. The Kier molecular flexibility index (Phi) is 4.70. The lowest BCUT2D eigenvalue weighted by molar-refractivity contribution is -0.120. The van der Waals surface area contributed by atoms with E-state index in [2.05, 4.69) is 16.0 Å². The highest BCUT2D eigenvalue weighted by atomic mass is 16.5. The van der Waals surface area contributed by atoms with Crippen molar-refractivity contribution in [2.45, 2.75) is 13.0 Å². The van der Waals surface area contributed by atoms with E-state index in [9.17, 15) is 9.59 Å². The fourth-order valence-electron chi connectivity index (χ4n) is 2.21. The number of rotatable bonds is 4. The summed E-state index contributed by atoms with van der Waals surface area (Å²) in [5.41, 5.74) is 1.31. The van der Waals surface area contributed by atoms with Crippen LogP contribution in [0.1, 0.15) is 6.92 Å². The molecule has 0 spiro atoms. The summed E-state index contributed by atoms with van der Waals surface area (Å²) in [5, 5.41) is 8.61. The summed E-state index contributed by atoms with van der Waals surface area (Å²) in [5.74, 6) is -0.431. The first kappa shape index (κ1) is 14.5. The Labute approximate surface area is 117 Å². The molecule has 3 N–H and O–H groups in total. The molecule has 1 saturated heterocycles. The number of carbonyl (C=O) groups is 2. The molecule has 0 radical (unpaired) electrons. The van der Waals surface area contributed by atoms with Crippen LogP contribution in [0.4, 0.5) is 11.4 Å². The topological polar surface area (TPSA) is 79.5 Å². The molecule has 2 amide bonds. The van der Waals surface area contributed by atoms with Crippen molar-refractivity contribution in [1.82, 2.24) is 5.32 Å². The number of ether oxygens (including phenoxy) is 1. The standard InChI is InChI=1S/C14H19N3O3/c1-9(18)16-10-4-3-5-11(6-10)17-14(19)12-7-20-8-13(12)15-2/h3-6,12-13,15H,7-8H2,1-2H3,(H,16,18)(H,17,19). The molecule has 0 aromatic heterocycles. The van der Waals surface area contributed by atoms with Gasteiger partial charge in [-0.15, -0.1) is 0 Å². The van der Waals surface area contributed by atoms with Crippen LogP contribution in [0.2, 0.25) is 0 Å². The zero-order chi connectivity index (χ0) is 14.5. The molecule has 1 aromatic rings. The number of hydrogen-bond acceptors (Lipinski definition) is 4. The second-order valence-electron chi connectivity index (χ2n) is 4.79. The summed E-state index contributed by atoms with van der Waals surface area (Å²) in [6.45, 7) is 2.40. The number of nitrogens with one attached hydrogen (secondary N) is 3. The van der Waals surface area contributed by atoms with E-state index < -0.39 is 0 Å². The zero-order valence-corrected chi connectivity index (χ0v) is 11.6. The van der Waals surface area contributed by atoms with E-state index in [0.29, 0.717) is 24.6 Å². The summed E-state index contributed by atoms with van der Waals surface area (Å²) < 4.78 is 5.32. The summed E-state index contributed by atoms with van der Waals surface area (Å²) in [6, 6.07) is 7.10. The average molecular weight is 277 g/mol. The number of hydrogen-bond donors (Lipinski definition) is 3. The van der Waals surface area contributed by atoms with Gasteiger partial charge in [0.1, 0.15) is 0 Å². The molecule has 1 aromatic carbocycles. The highest BCUT2D eigenvalue weighted by Crippen LogP contribution is 2.19. The Balaban J connectivity index is 2.02. The zero-order valence-electron chi connectivity index (χ0n) is 11.6. The minimum absolute atomic E-state index is 0.0357. The van der Waals surface area contributed by atoms with Crippen LogP contribution >= 0.6 is 0 Å². The Bertz CT molecular complexity index is 504. The maximum absolute atomic E-state index is 12.2. The molecule has 0 saturated carbocycles.